The van der Waals surface area contributed by atoms with E-state index < -0.39 is 18.0 Å². The quantitative estimate of drug-likeness (QED) is 0.569. The minimum absolute atomic E-state index is 0.0170. The first-order chi connectivity index (χ1) is 12.4. The third kappa shape index (κ3) is 2.90. The molecule has 1 aliphatic heterocycles. The number of aromatic nitrogens is 2. The smallest absolute Gasteiger partial charge is 0.320 e. The summed E-state index contributed by atoms with van der Waals surface area (Å²) in [6.45, 7) is 0. The molecule has 132 valence electrons. The molecule has 8 heteroatoms. The molecule has 3 heterocycles. The van der Waals surface area contributed by atoms with E-state index in [0.717, 1.165) is 10.2 Å². The van der Waals surface area contributed by atoms with E-state index in [4.69, 9.17) is 0 Å². The Labute approximate surface area is 155 Å². The van der Waals surface area contributed by atoms with Gasteiger partial charge in [0.15, 0.2) is 11.9 Å². The Balaban J connectivity index is 1.91. The van der Waals surface area contributed by atoms with Crippen molar-refractivity contribution in [2.75, 3.05) is 4.90 Å². The molecule has 1 unspecified atom stereocenters. The Morgan fingerprint density at radius 1 is 1.04 bits per heavy atom. The number of alkyl halides is 3. The molecular weight excluding hydrogens is 409 g/mol. The topological polar surface area (TPSA) is 32.9 Å². The molecule has 0 saturated heterocycles. The van der Waals surface area contributed by atoms with Crippen LogP contribution in [0.1, 0.15) is 17.6 Å². The van der Waals surface area contributed by atoms with Gasteiger partial charge in [0, 0.05) is 28.8 Å². The van der Waals surface area contributed by atoms with Gasteiger partial charge in [0.2, 0.25) is 0 Å². The lowest BCUT2D eigenvalue weighted by molar-refractivity contribution is -0.141. The van der Waals surface area contributed by atoms with Crippen molar-refractivity contribution in [2.45, 2.75) is 12.3 Å². The number of benzene rings is 1. The number of aliphatic imine (C=N–C) groups is 1. The number of pyridine rings is 1. The van der Waals surface area contributed by atoms with Gasteiger partial charge in [-0.1, -0.05) is 22.0 Å². The molecule has 0 spiro atoms. The summed E-state index contributed by atoms with van der Waals surface area (Å²) in [6, 6.07) is 12.2. The molecule has 2 aromatic heterocycles. The van der Waals surface area contributed by atoms with E-state index in [1.807, 2.05) is 24.3 Å². The van der Waals surface area contributed by atoms with Crippen LogP contribution in [0.15, 0.2) is 70.4 Å². The number of imidazole rings is 1. The second-order valence-corrected chi connectivity index (χ2v) is 6.58. The molecule has 0 fully saturated rings. The van der Waals surface area contributed by atoms with Crippen LogP contribution in [-0.2, 0) is 6.18 Å². The summed E-state index contributed by atoms with van der Waals surface area (Å²) in [5.41, 5.74) is 0.0144. The van der Waals surface area contributed by atoms with Gasteiger partial charge in [-0.3, -0.25) is 9.39 Å². The zero-order valence-electron chi connectivity index (χ0n) is 13.2. The average molecular weight is 421 g/mol. The monoisotopic (exact) mass is 420 g/mol. The highest BCUT2D eigenvalue weighted by molar-refractivity contribution is 9.10. The number of allylic oxidation sites excluding steroid dienone is 1. The van der Waals surface area contributed by atoms with Crippen LogP contribution in [0.5, 0.6) is 0 Å². The van der Waals surface area contributed by atoms with E-state index in [0.29, 0.717) is 0 Å². The molecule has 1 aliphatic rings. The lowest BCUT2D eigenvalue weighted by Gasteiger charge is -2.30. The van der Waals surface area contributed by atoms with Crippen LogP contribution in [0.3, 0.4) is 0 Å². The van der Waals surface area contributed by atoms with Crippen LogP contribution in [0.2, 0.25) is 0 Å². The Kier molecular flexibility index (Phi) is 4.07. The molecule has 3 aromatic rings. The minimum atomic E-state index is -4.58. The van der Waals surface area contributed by atoms with Crippen molar-refractivity contribution >= 4 is 33.5 Å². The zero-order valence-corrected chi connectivity index (χ0v) is 14.8. The number of halogens is 4. The second-order valence-electron chi connectivity index (χ2n) is 5.67. The maximum Gasteiger partial charge on any atom is 0.435 e. The van der Waals surface area contributed by atoms with Crippen molar-refractivity contribution in [2.24, 2.45) is 4.99 Å². The van der Waals surface area contributed by atoms with Crippen molar-refractivity contribution in [3.63, 3.8) is 0 Å². The first-order valence-corrected chi connectivity index (χ1v) is 8.52. The number of rotatable bonds is 2. The lowest BCUT2D eigenvalue weighted by atomic mass is 10.2. The van der Waals surface area contributed by atoms with Crippen molar-refractivity contribution in [1.29, 1.82) is 0 Å². The SMILES string of the molecule is FC(F)(F)c1nc2ccccn2c1C1N=CC=CN1c1ccc(Br)cc1. The summed E-state index contributed by atoms with van der Waals surface area (Å²) in [5, 5.41) is 0. The molecule has 0 saturated carbocycles. The van der Waals surface area contributed by atoms with E-state index in [9.17, 15) is 13.2 Å². The maximum absolute atomic E-state index is 13.7. The fourth-order valence-electron chi connectivity index (χ4n) is 2.93. The second kappa shape index (κ2) is 6.28. The summed E-state index contributed by atoms with van der Waals surface area (Å²) < 4.78 is 43.3. The van der Waals surface area contributed by atoms with E-state index in [1.54, 1.807) is 41.6 Å². The van der Waals surface area contributed by atoms with Crippen LogP contribution >= 0.6 is 15.9 Å². The van der Waals surface area contributed by atoms with Crippen molar-refractivity contribution in [3.8, 4) is 0 Å². The highest BCUT2D eigenvalue weighted by atomic mass is 79.9. The van der Waals surface area contributed by atoms with E-state index in [-0.39, 0.29) is 11.3 Å². The lowest BCUT2D eigenvalue weighted by Crippen LogP contribution is -2.27. The van der Waals surface area contributed by atoms with Gasteiger partial charge in [0.25, 0.3) is 0 Å². The predicted molar refractivity (Wildman–Crippen MR) is 97.2 cm³/mol. The summed E-state index contributed by atoms with van der Waals surface area (Å²) in [4.78, 5) is 9.82. The van der Waals surface area contributed by atoms with Crippen molar-refractivity contribution in [1.82, 2.24) is 9.38 Å². The predicted octanol–water partition coefficient (Wildman–Crippen LogP) is 5.22. The van der Waals surface area contributed by atoms with Gasteiger partial charge in [0.1, 0.15) is 11.3 Å². The zero-order chi connectivity index (χ0) is 18.3. The number of hydrogen-bond donors (Lipinski definition) is 0. The molecule has 0 bridgehead atoms. The van der Waals surface area contributed by atoms with Crippen LogP contribution in [-0.4, -0.2) is 15.6 Å². The molecule has 0 N–H and O–H groups in total. The average Bonchev–Trinajstić information content (AvgIpc) is 3.02. The van der Waals surface area contributed by atoms with Gasteiger partial charge in [0.05, 0.1) is 0 Å². The highest BCUT2D eigenvalue weighted by Gasteiger charge is 2.41. The third-order valence-electron chi connectivity index (χ3n) is 4.03. The van der Waals surface area contributed by atoms with Crippen LogP contribution in [0, 0.1) is 0 Å². The summed E-state index contributed by atoms with van der Waals surface area (Å²) in [7, 11) is 0. The van der Waals surface area contributed by atoms with E-state index >= 15 is 0 Å². The summed E-state index contributed by atoms with van der Waals surface area (Å²) in [6.07, 6.45) is 1.01. The standard InChI is InChI=1S/C18H12BrF3N4/c19-12-5-7-13(8-6-12)25-11-3-9-23-17(25)15-16(18(20,21)22)24-14-4-1-2-10-26(14)15/h1-11,17H. The Hall–Kier alpha value is -2.61. The number of hydrogen-bond acceptors (Lipinski definition) is 3. The molecule has 0 radical (unpaired) electrons. The molecular formula is C18H12BrF3N4. The third-order valence-corrected chi connectivity index (χ3v) is 4.56. The first-order valence-electron chi connectivity index (χ1n) is 7.73. The molecule has 26 heavy (non-hydrogen) atoms. The maximum atomic E-state index is 13.7. The Morgan fingerprint density at radius 2 is 1.81 bits per heavy atom. The van der Waals surface area contributed by atoms with Crippen LogP contribution in [0.4, 0.5) is 18.9 Å². The van der Waals surface area contributed by atoms with Crippen LogP contribution in [0.25, 0.3) is 5.65 Å². The van der Waals surface area contributed by atoms with Gasteiger partial charge >= 0.3 is 6.18 Å². The van der Waals surface area contributed by atoms with Gasteiger partial charge in [-0.2, -0.15) is 13.2 Å². The van der Waals surface area contributed by atoms with Crippen molar-refractivity contribution < 1.29 is 13.2 Å². The number of nitrogens with zero attached hydrogens (tertiary/aromatic N) is 4. The molecule has 1 atom stereocenters. The van der Waals surface area contributed by atoms with Gasteiger partial charge in [-0.05, 0) is 42.5 Å². The van der Waals surface area contributed by atoms with Crippen LogP contribution < -0.4 is 4.90 Å². The fraction of sp³-hybridized carbons (Fsp3) is 0.111. The molecule has 1 aromatic carbocycles. The fourth-order valence-corrected chi connectivity index (χ4v) is 3.19. The first kappa shape index (κ1) is 16.8. The van der Waals surface area contributed by atoms with E-state index in [1.165, 1.54) is 10.6 Å². The Morgan fingerprint density at radius 3 is 2.54 bits per heavy atom. The number of anilines is 1. The number of fused-ring (bicyclic) bond motifs is 1. The normalized spacial score (nSPS) is 17.2. The van der Waals surface area contributed by atoms with Gasteiger partial charge in [-0.15, -0.1) is 0 Å². The summed E-state index contributed by atoms with van der Waals surface area (Å²) >= 11 is 3.36. The summed E-state index contributed by atoms with van der Waals surface area (Å²) in [5.74, 6) is 0. The Bertz CT molecular complexity index is 1010. The van der Waals surface area contributed by atoms with Gasteiger partial charge in [-0.25, -0.2) is 4.98 Å². The van der Waals surface area contributed by atoms with Crippen molar-refractivity contribution in [3.05, 3.63) is 76.8 Å². The molecule has 0 amide bonds. The molecule has 0 aliphatic carbocycles. The minimum Gasteiger partial charge on any atom is -0.320 e. The van der Waals surface area contributed by atoms with E-state index in [2.05, 4.69) is 25.9 Å². The largest absolute Gasteiger partial charge is 0.435 e. The van der Waals surface area contributed by atoms with Gasteiger partial charge < -0.3 is 4.90 Å². The molecule has 4 rings (SSSR count). The highest BCUT2D eigenvalue weighted by Crippen LogP contribution is 2.39. The molecule has 4 nitrogen and oxygen atoms in total.